The number of rotatable bonds is 4. The number of aryl methyl sites for hydroxylation is 1. The predicted octanol–water partition coefficient (Wildman–Crippen LogP) is 2.71. The second-order valence-corrected chi connectivity index (χ2v) is 5.33. The van der Waals surface area contributed by atoms with Crippen molar-refractivity contribution in [3.05, 3.63) is 29.3 Å². The zero-order valence-electron chi connectivity index (χ0n) is 11.2. The van der Waals surface area contributed by atoms with Crippen molar-refractivity contribution in [3.63, 3.8) is 0 Å². The van der Waals surface area contributed by atoms with Gasteiger partial charge in [0.2, 0.25) is 0 Å². The number of carboxylic acids is 1. The van der Waals surface area contributed by atoms with Crippen molar-refractivity contribution >= 4 is 11.7 Å². The van der Waals surface area contributed by atoms with Crippen LogP contribution in [0, 0.1) is 12.3 Å². The molecule has 0 saturated carbocycles. The zero-order chi connectivity index (χ0) is 13.2. The molecule has 0 heterocycles. The lowest BCUT2D eigenvalue weighted by atomic mass is 9.83. The van der Waals surface area contributed by atoms with Gasteiger partial charge in [0, 0.05) is 19.8 Å². The minimum atomic E-state index is -0.759. The first-order valence-corrected chi connectivity index (χ1v) is 5.75. The number of carbonyl (C=O) groups is 1. The highest BCUT2D eigenvalue weighted by Crippen LogP contribution is 2.30. The van der Waals surface area contributed by atoms with E-state index in [9.17, 15) is 9.90 Å². The molecule has 0 aliphatic carbocycles. The van der Waals surface area contributed by atoms with Crippen LogP contribution in [0.15, 0.2) is 18.2 Å². The van der Waals surface area contributed by atoms with Gasteiger partial charge in [-0.15, -0.1) is 0 Å². The van der Waals surface area contributed by atoms with E-state index in [1.165, 1.54) is 0 Å². The topological polar surface area (TPSA) is 40.5 Å². The van der Waals surface area contributed by atoms with Crippen LogP contribution in [-0.2, 0) is 11.2 Å². The first-order chi connectivity index (χ1) is 7.75. The Balaban J connectivity index is 3.18. The molecule has 0 aromatic heterocycles. The molecule has 3 nitrogen and oxygen atoms in total. The summed E-state index contributed by atoms with van der Waals surface area (Å²) in [5.41, 5.74) is 2.62. The average molecular weight is 235 g/mol. The van der Waals surface area contributed by atoms with Crippen LogP contribution in [-0.4, -0.2) is 25.2 Å². The Kier molecular flexibility index (Phi) is 3.81. The predicted molar refractivity (Wildman–Crippen MR) is 70.6 cm³/mol. The highest BCUT2D eigenvalue weighted by atomic mass is 16.4. The molecule has 1 rings (SSSR count). The van der Waals surface area contributed by atoms with Crippen molar-refractivity contribution in [2.45, 2.75) is 27.2 Å². The van der Waals surface area contributed by atoms with Crippen LogP contribution in [0.3, 0.4) is 0 Å². The SMILES string of the molecule is Cc1cccc(N(C)C)c1CC(C)(C)C(=O)O. The third-order valence-electron chi connectivity index (χ3n) is 3.06. The standard InChI is InChI=1S/C14H21NO2/c1-10-7-6-8-12(15(4)5)11(10)9-14(2,3)13(16)17/h6-8H,9H2,1-5H3,(H,16,17). The minimum Gasteiger partial charge on any atom is -0.481 e. The molecule has 17 heavy (non-hydrogen) atoms. The summed E-state index contributed by atoms with van der Waals surface area (Å²) in [7, 11) is 3.96. The molecule has 0 aliphatic rings. The van der Waals surface area contributed by atoms with Gasteiger partial charge in [-0.05, 0) is 44.4 Å². The highest BCUT2D eigenvalue weighted by molar-refractivity contribution is 5.74. The molecule has 0 saturated heterocycles. The lowest BCUT2D eigenvalue weighted by Crippen LogP contribution is -2.27. The molecule has 94 valence electrons. The number of aliphatic carboxylic acids is 1. The zero-order valence-corrected chi connectivity index (χ0v) is 11.2. The van der Waals surface area contributed by atoms with E-state index in [1.54, 1.807) is 13.8 Å². The molecular formula is C14H21NO2. The quantitative estimate of drug-likeness (QED) is 0.872. The minimum absolute atomic E-state index is 0.544. The van der Waals surface area contributed by atoms with Crippen LogP contribution in [0.1, 0.15) is 25.0 Å². The largest absolute Gasteiger partial charge is 0.481 e. The first kappa shape index (κ1) is 13.6. The number of hydrogen-bond acceptors (Lipinski definition) is 2. The van der Waals surface area contributed by atoms with Gasteiger partial charge in [0.05, 0.1) is 5.41 Å². The highest BCUT2D eigenvalue weighted by Gasteiger charge is 2.29. The number of benzene rings is 1. The van der Waals surface area contributed by atoms with Crippen molar-refractivity contribution < 1.29 is 9.90 Å². The van der Waals surface area contributed by atoms with E-state index >= 15 is 0 Å². The monoisotopic (exact) mass is 235 g/mol. The van der Waals surface area contributed by atoms with E-state index in [0.717, 1.165) is 16.8 Å². The molecule has 1 aromatic rings. The Labute approximate surface area is 103 Å². The summed E-state index contributed by atoms with van der Waals surface area (Å²) >= 11 is 0. The normalized spacial score (nSPS) is 11.4. The van der Waals surface area contributed by atoms with Crippen molar-refractivity contribution in [1.29, 1.82) is 0 Å². The molecule has 0 radical (unpaired) electrons. The van der Waals surface area contributed by atoms with Crippen molar-refractivity contribution in [3.8, 4) is 0 Å². The number of nitrogens with zero attached hydrogens (tertiary/aromatic N) is 1. The Hall–Kier alpha value is -1.51. The number of hydrogen-bond donors (Lipinski definition) is 1. The molecule has 1 N–H and O–H groups in total. The molecule has 0 aliphatic heterocycles. The summed E-state index contributed by atoms with van der Waals surface area (Å²) in [6.45, 7) is 5.56. The van der Waals surface area contributed by atoms with Gasteiger partial charge in [-0.2, -0.15) is 0 Å². The summed E-state index contributed by atoms with van der Waals surface area (Å²) in [5, 5.41) is 9.21. The lowest BCUT2D eigenvalue weighted by Gasteiger charge is -2.25. The van der Waals surface area contributed by atoms with Crippen LogP contribution in [0.4, 0.5) is 5.69 Å². The first-order valence-electron chi connectivity index (χ1n) is 5.75. The van der Waals surface area contributed by atoms with Crippen LogP contribution >= 0.6 is 0 Å². The molecule has 3 heteroatoms. The third-order valence-corrected chi connectivity index (χ3v) is 3.06. The Morgan fingerprint density at radius 3 is 2.41 bits per heavy atom. The summed E-state index contributed by atoms with van der Waals surface area (Å²) in [6, 6.07) is 6.06. The van der Waals surface area contributed by atoms with Crippen molar-refractivity contribution in [1.82, 2.24) is 0 Å². The van der Waals surface area contributed by atoms with Crippen LogP contribution in [0.25, 0.3) is 0 Å². The second-order valence-electron chi connectivity index (χ2n) is 5.33. The van der Waals surface area contributed by atoms with E-state index in [-0.39, 0.29) is 0 Å². The molecule has 0 spiro atoms. The van der Waals surface area contributed by atoms with Gasteiger partial charge >= 0.3 is 5.97 Å². The van der Waals surface area contributed by atoms with Gasteiger partial charge in [0.25, 0.3) is 0 Å². The fourth-order valence-corrected chi connectivity index (χ4v) is 1.85. The molecule has 0 unspecified atom stereocenters. The summed E-state index contributed by atoms with van der Waals surface area (Å²) < 4.78 is 0. The third kappa shape index (κ3) is 2.99. The van der Waals surface area contributed by atoms with Crippen molar-refractivity contribution in [2.24, 2.45) is 5.41 Å². The van der Waals surface area contributed by atoms with Crippen LogP contribution < -0.4 is 4.90 Å². The van der Waals surface area contributed by atoms with E-state index in [0.29, 0.717) is 6.42 Å². The van der Waals surface area contributed by atoms with E-state index in [4.69, 9.17) is 0 Å². The second kappa shape index (κ2) is 4.78. The Morgan fingerprint density at radius 2 is 1.94 bits per heavy atom. The summed E-state index contributed by atoms with van der Waals surface area (Å²) in [5.74, 6) is -0.759. The maximum Gasteiger partial charge on any atom is 0.309 e. The fourth-order valence-electron chi connectivity index (χ4n) is 1.85. The number of anilines is 1. The Bertz CT molecular complexity index is 422. The maximum atomic E-state index is 11.2. The van der Waals surface area contributed by atoms with Gasteiger partial charge in [-0.25, -0.2) is 0 Å². The molecule has 1 aromatic carbocycles. The van der Waals surface area contributed by atoms with Crippen LogP contribution in [0.2, 0.25) is 0 Å². The molecule has 0 fully saturated rings. The Morgan fingerprint density at radius 1 is 1.35 bits per heavy atom. The molecule has 0 bridgehead atoms. The summed E-state index contributed by atoms with van der Waals surface area (Å²) in [4.78, 5) is 13.2. The van der Waals surface area contributed by atoms with Gasteiger partial charge in [-0.3, -0.25) is 4.79 Å². The molecular weight excluding hydrogens is 214 g/mol. The van der Waals surface area contributed by atoms with Gasteiger partial charge in [0.1, 0.15) is 0 Å². The van der Waals surface area contributed by atoms with Gasteiger partial charge in [-0.1, -0.05) is 12.1 Å². The average Bonchev–Trinajstić information content (AvgIpc) is 2.20. The maximum absolute atomic E-state index is 11.2. The smallest absolute Gasteiger partial charge is 0.309 e. The van der Waals surface area contributed by atoms with Gasteiger partial charge in [0.15, 0.2) is 0 Å². The fraction of sp³-hybridized carbons (Fsp3) is 0.500. The molecule has 0 atom stereocenters. The van der Waals surface area contributed by atoms with E-state index in [2.05, 4.69) is 0 Å². The van der Waals surface area contributed by atoms with Crippen LogP contribution in [0.5, 0.6) is 0 Å². The number of carboxylic acid groups (broad SMARTS) is 1. The van der Waals surface area contributed by atoms with Crippen molar-refractivity contribution in [2.75, 3.05) is 19.0 Å². The lowest BCUT2D eigenvalue weighted by molar-refractivity contribution is -0.146. The van der Waals surface area contributed by atoms with E-state index in [1.807, 2.05) is 44.1 Å². The van der Waals surface area contributed by atoms with E-state index < -0.39 is 11.4 Å². The summed E-state index contributed by atoms with van der Waals surface area (Å²) in [6.07, 6.45) is 0.544. The van der Waals surface area contributed by atoms with Gasteiger partial charge < -0.3 is 10.0 Å². The molecule has 0 amide bonds.